The zero-order valence-corrected chi connectivity index (χ0v) is 14.4. The fourth-order valence-corrected chi connectivity index (χ4v) is 5.20. The summed E-state index contributed by atoms with van der Waals surface area (Å²) < 4.78 is 5.70. The van der Waals surface area contributed by atoms with Crippen LogP contribution in [-0.2, 0) is 14.3 Å². The van der Waals surface area contributed by atoms with Crippen molar-refractivity contribution in [3.8, 4) is 0 Å². The molecule has 19 heavy (non-hydrogen) atoms. The van der Waals surface area contributed by atoms with Gasteiger partial charge in [0.1, 0.15) is 6.10 Å². The van der Waals surface area contributed by atoms with Crippen LogP contribution in [0.25, 0.3) is 0 Å². The number of ether oxygens (including phenoxy) is 1. The Bertz CT molecular complexity index is 387. The maximum absolute atomic E-state index is 12.3. The lowest BCUT2D eigenvalue weighted by Crippen LogP contribution is -2.51. The average Bonchev–Trinajstić information content (AvgIpc) is 2.22. The van der Waals surface area contributed by atoms with Crippen LogP contribution in [-0.4, -0.2) is 21.8 Å². The number of esters is 1. The molecule has 0 bridgehead atoms. The van der Waals surface area contributed by atoms with Crippen LogP contribution >= 0.6 is 22.6 Å². The van der Waals surface area contributed by atoms with Gasteiger partial charge in [-0.1, -0.05) is 49.4 Å². The molecular formula is C15H23IO3. The molecule has 3 nitrogen and oxygen atoms in total. The van der Waals surface area contributed by atoms with E-state index in [1.54, 1.807) is 12.2 Å². The van der Waals surface area contributed by atoms with Gasteiger partial charge in [-0.15, -0.1) is 0 Å². The predicted molar refractivity (Wildman–Crippen MR) is 84.2 cm³/mol. The molecule has 0 heterocycles. The van der Waals surface area contributed by atoms with Crippen LogP contribution in [0.3, 0.4) is 0 Å². The first-order valence-electron chi connectivity index (χ1n) is 6.68. The largest absolute Gasteiger partial charge is 0.461 e. The molecule has 0 amide bonds. The van der Waals surface area contributed by atoms with Gasteiger partial charge in [-0.3, -0.25) is 9.59 Å². The van der Waals surface area contributed by atoms with Gasteiger partial charge < -0.3 is 4.74 Å². The molecule has 4 atom stereocenters. The van der Waals surface area contributed by atoms with Gasteiger partial charge in [0.2, 0.25) is 0 Å². The number of hydrogen-bond acceptors (Lipinski definition) is 3. The number of carbonyl (C=O) groups is 2. The number of halogens is 1. The van der Waals surface area contributed by atoms with E-state index in [2.05, 4.69) is 36.4 Å². The Balaban J connectivity index is 3.05. The Morgan fingerprint density at radius 1 is 1.37 bits per heavy atom. The van der Waals surface area contributed by atoms with Crippen LogP contribution in [0.15, 0.2) is 12.2 Å². The topological polar surface area (TPSA) is 43.4 Å². The molecule has 108 valence electrons. The summed E-state index contributed by atoms with van der Waals surface area (Å²) in [6, 6.07) is 0. The van der Waals surface area contributed by atoms with Crippen molar-refractivity contribution in [3.05, 3.63) is 12.2 Å². The van der Waals surface area contributed by atoms with E-state index in [9.17, 15) is 9.59 Å². The van der Waals surface area contributed by atoms with Gasteiger partial charge in [-0.05, 0) is 24.8 Å². The molecule has 0 aromatic rings. The normalized spacial score (nSPS) is 34.2. The summed E-state index contributed by atoms with van der Waals surface area (Å²) in [6.45, 7) is 9.56. The van der Waals surface area contributed by atoms with Gasteiger partial charge in [0.05, 0.1) is 0 Å². The first-order chi connectivity index (χ1) is 8.70. The van der Waals surface area contributed by atoms with E-state index >= 15 is 0 Å². The third-order valence-corrected chi connectivity index (χ3v) is 5.05. The van der Waals surface area contributed by atoms with Crippen LogP contribution in [0, 0.1) is 17.3 Å². The molecular weight excluding hydrogens is 355 g/mol. The van der Waals surface area contributed by atoms with E-state index in [0.717, 1.165) is 6.42 Å². The number of rotatable bonds is 3. The van der Waals surface area contributed by atoms with Crippen molar-refractivity contribution in [2.24, 2.45) is 17.3 Å². The number of allylic oxidation sites excluding steroid dienone is 2. The van der Waals surface area contributed by atoms with Crippen LogP contribution in [0.1, 0.15) is 41.0 Å². The molecule has 0 radical (unpaired) electrons. The molecule has 0 saturated heterocycles. The molecule has 4 unspecified atom stereocenters. The molecule has 0 N–H and O–H groups in total. The maximum Gasteiger partial charge on any atom is 0.302 e. The van der Waals surface area contributed by atoms with Crippen molar-refractivity contribution in [1.29, 1.82) is 0 Å². The van der Waals surface area contributed by atoms with Gasteiger partial charge in [-0.25, -0.2) is 0 Å². The van der Waals surface area contributed by atoms with E-state index in [1.165, 1.54) is 6.92 Å². The molecule has 0 aromatic carbocycles. The van der Waals surface area contributed by atoms with Crippen LogP contribution in [0.4, 0.5) is 0 Å². The Morgan fingerprint density at radius 2 is 1.95 bits per heavy atom. The minimum absolute atomic E-state index is 0.0400. The lowest BCUT2D eigenvalue weighted by Gasteiger charge is -2.47. The molecule has 0 spiro atoms. The summed E-state index contributed by atoms with van der Waals surface area (Å²) in [4.78, 5) is 23.6. The summed E-state index contributed by atoms with van der Waals surface area (Å²) in [6.07, 6.45) is 4.12. The highest BCUT2D eigenvalue weighted by atomic mass is 127. The van der Waals surface area contributed by atoms with Gasteiger partial charge in [0.15, 0.2) is 5.78 Å². The Morgan fingerprint density at radius 3 is 2.42 bits per heavy atom. The van der Waals surface area contributed by atoms with Gasteiger partial charge in [0, 0.05) is 22.7 Å². The van der Waals surface area contributed by atoms with E-state index in [1.807, 2.05) is 13.8 Å². The second-order valence-corrected chi connectivity index (χ2v) is 7.62. The van der Waals surface area contributed by atoms with Crippen molar-refractivity contribution in [1.82, 2.24) is 0 Å². The fourth-order valence-electron chi connectivity index (χ4n) is 3.26. The van der Waals surface area contributed by atoms with Gasteiger partial charge in [-0.2, -0.15) is 0 Å². The van der Waals surface area contributed by atoms with Crippen molar-refractivity contribution in [2.45, 2.75) is 51.1 Å². The first-order valence-corrected chi connectivity index (χ1v) is 7.93. The number of carbonyl (C=O) groups excluding carboxylic acids is 2. The third kappa shape index (κ3) is 3.80. The van der Waals surface area contributed by atoms with E-state index in [-0.39, 0.29) is 39.0 Å². The van der Waals surface area contributed by atoms with Crippen LogP contribution in [0.5, 0.6) is 0 Å². The molecule has 1 aliphatic carbocycles. The van der Waals surface area contributed by atoms with E-state index in [4.69, 9.17) is 4.74 Å². The summed E-state index contributed by atoms with van der Waals surface area (Å²) in [5, 5.41) is 0. The summed E-state index contributed by atoms with van der Waals surface area (Å²) in [7, 11) is 0. The average molecular weight is 378 g/mol. The highest BCUT2D eigenvalue weighted by molar-refractivity contribution is 14.1. The lowest BCUT2D eigenvalue weighted by molar-refractivity contribution is -0.156. The smallest absolute Gasteiger partial charge is 0.302 e. The lowest BCUT2D eigenvalue weighted by atomic mass is 9.61. The fraction of sp³-hybridized carbons (Fsp3) is 0.733. The molecule has 1 aliphatic rings. The third-order valence-electron chi connectivity index (χ3n) is 3.90. The number of hydrogen-bond donors (Lipinski definition) is 0. The second kappa shape index (κ2) is 6.37. The SMILES string of the molecule is C/C=C/C(=O)C1C(C)C(OC(C)=O)C(I)CC1(C)C. The second-order valence-electron chi connectivity index (χ2n) is 6.02. The Kier molecular flexibility index (Phi) is 5.59. The molecule has 0 aromatic heterocycles. The highest BCUT2D eigenvalue weighted by Gasteiger charge is 2.49. The van der Waals surface area contributed by atoms with Crippen molar-refractivity contribution in [2.75, 3.05) is 0 Å². The number of alkyl halides is 1. The molecule has 1 fully saturated rings. The molecule has 1 saturated carbocycles. The van der Waals surface area contributed by atoms with Crippen LogP contribution in [0.2, 0.25) is 0 Å². The summed E-state index contributed by atoms with van der Waals surface area (Å²) >= 11 is 2.34. The van der Waals surface area contributed by atoms with Crippen molar-refractivity contribution < 1.29 is 14.3 Å². The van der Waals surface area contributed by atoms with Gasteiger partial charge in [0.25, 0.3) is 0 Å². The molecule has 4 heteroatoms. The van der Waals surface area contributed by atoms with E-state index < -0.39 is 0 Å². The summed E-state index contributed by atoms with van der Waals surface area (Å²) in [5.74, 6) is -0.187. The van der Waals surface area contributed by atoms with Crippen LogP contribution < -0.4 is 0 Å². The van der Waals surface area contributed by atoms with E-state index in [0.29, 0.717) is 0 Å². The molecule has 1 rings (SSSR count). The monoisotopic (exact) mass is 378 g/mol. The first kappa shape index (κ1) is 16.7. The van der Waals surface area contributed by atoms with Crippen molar-refractivity contribution >= 4 is 34.3 Å². The Hall–Kier alpha value is -0.390. The number of ketones is 1. The minimum Gasteiger partial charge on any atom is -0.461 e. The Labute approximate surface area is 129 Å². The van der Waals surface area contributed by atoms with Gasteiger partial charge >= 0.3 is 5.97 Å². The zero-order valence-electron chi connectivity index (χ0n) is 12.3. The highest BCUT2D eigenvalue weighted by Crippen LogP contribution is 2.48. The summed E-state index contributed by atoms with van der Waals surface area (Å²) in [5.41, 5.74) is -0.0709. The minimum atomic E-state index is -0.268. The maximum atomic E-state index is 12.3. The van der Waals surface area contributed by atoms with Crippen molar-refractivity contribution in [3.63, 3.8) is 0 Å². The predicted octanol–water partition coefficient (Wildman–Crippen LogP) is 3.55. The molecule has 0 aliphatic heterocycles. The quantitative estimate of drug-likeness (QED) is 0.327. The standard InChI is InChI=1S/C15H23IO3/c1-6-7-12(18)13-9(2)14(19-10(3)17)11(16)8-15(13,4)5/h6-7,9,11,13-14H,8H2,1-5H3/b7-6+. The zero-order chi connectivity index (χ0) is 14.8.